The molecule has 2 aliphatic heterocycles. The van der Waals surface area contributed by atoms with E-state index in [4.69, 9.17) is 4.74 Å². The summed E-state index contributed by atoms with van der Waals surface area (Å²) in [5.74, 6) is 1.85. The summed E-state index contributed by atoms with van der Waals surface area (Å²) in [5, 5.41) is 13.5. The second kappa shape index (κ2) is 10.2. The third kappa shape index (κ3) is 4.66. The van der Waals surface area contributed by atoms with Crippen LogP contribution in [-0.2, 0) is 14.3 Å². The maximum absolute atomic E-state index is 14.2. The molecule has 0 aromatic heterocycles. The van der Waals surface area contributed by atoms with Crippen molar-refractivity contribution in [3.8, 4) is 6.07 Å². The fourth-order valence-corrected chi connectivity index (χ4v) is 7.79. The van der Waals surface area contributed by atoms with Gasteiger partial charge in [0.05, 0.1) is 19.3 Å². The molecule has 7 nitrogen and oxygen atoms in total. The van der Waals surface area contributed by atoms with Gasteiger partial charge in [-0.3, -0.25) is 14.6 Å². The summed E-state index contributed by atoms with van der Waals surface area (Å²) in [6.07, 6.45) is 13.9. The SMILES string of the molecule is N#CC1(NC(=O)C(CC=O)(CC2C3CCCCC32)N2CCOCC2)CCN(C2CCCCC2)C1. The first kappa shape index (κ1) is 24.2. The Morgan fingerprint density at radius 2 is 1.74 bits per heavy atom. The zero-order valence-electron chi connectivity index (χ0n) is 20.7. The van der Waals surface area contributed by atoms with E-state index in [1.165, 1.54) is 57.8 Å². The molecule has 0 aromatic carbocycles. The normalized spacial score (nSPS) is 36.7. The fourth-order valence-electron chi connectivity index (χ4n) is 7.79. The van der Waals surface area contributed by atoms with Crippen molar-refractivity contribution in [1.29, 1.82) is 5.26 Å². The van der Waals surface area contributed by atoms with Crippen molar-refractivity contribution in [2.75, 3.05) is 39.4 Å². The van der Waals surface area contributed by atoms with E-state index in [2.05, 4.69) is 21.2 Å². The van der Waals surface area contributed by atoms with Crippen molar-refractivity contribution in [1.82, 2.24) is 15.1 Å². The molecule has 0 spiro atoms. The summed E-state index contributed by atoms with van der Waals surface area (Å²) in [6.45, 7) is 3.97. The summed E-state index contributed by atoms with van der Waals surface area (Å²) in [5.41, 5.74) is -1.72. The van der Waals surface area contributed by atoms with E-state index < -0.39 is 11.1 Å². The van der Waals surface area contributed by atoms with Crippen LogP contribution in [0.15, 0.2) is 0 Å². The Hall–Kier alpha value is -1.49. The molecule has 188 valence electrons. The van der Waals surface area contributed by atoms with Gasteiger partial charge in [-0.1, -0.05) is 32.1 Å². The molecule has 2 heterocycles. The summed E-state index contributed by atoms with van der Waals surface area (Å²) in [6, 6.07) is 3.04. The highest BCUT2D eigenvalue weighted by Crippen LogP contribution is 2.59. The molecule has 4 atom stereocenters. The van der Waals surface area contributed by atoms with E-state index in [-0.39, 0.29) is 12.3 Å². The molecule has 1 N–H and O–H groups in total. The van der Waals surface area contributed by atoms with Gasteiger partial charge in [0, 0.05) is 38.6 Å². The number of likely N-dealkylation sites (tertiary alicyclic amines) is 1. The predicted octanol–water partition coefficient (Wildman–Crippen LogP) is 2.89. The molecular formula is C27H42N4O3. The van der Waals surface area contributed by atoms with Gasteiger partial charge in [-0.25, -0.2) is 0 Å². The van der Waals surface area contributed by atoms with Gasteiger partial charge in [0.15, 0.2) is 0 Å². The Kier molecular flexibility index (Phi) is 7.30. The van der Waals surface area contributed by atoms with E-state index >= 15 is 0 Å². The van der Waals surface area contributed by atoms with Crippen LogP contribution in [0.25, 0.3) is 0 Å². The molecule has 3 saturated carbocycles. The molecule has 5 rings (SSSR count). The van der Waals surface area contributed by atoms with Crippen LogP contribution >= 0.6 is 0 Å². The Morgan fingerprint density at radius 3 is 2.38 bits per heavy atom. The van der Waals surface area contributed by atoms with Crippen molar-refractivity contribution in [2.24, 2.45) is 17.8 Å². The first-order valence-electron chi connectivity index (χ1n) is 13.9. The highest BCUT2D eigenvalue weighted by atomic mass is 16.5. The van der Waals surface area contributed by atoms with Gasteiger partial charge >= 0.3 is 0 Å². The van der Waals surface area contributed by atoms with E-state index in [1.54, 1.807) is 0 Å². The van der Waals surface area contributed by atoms with Gasteiger partial charge < -0.3 is 14.8 Å². The van der Waals surface area contributed by atoms with Crippen LogP contribution in [0.4, 0.5) is 0 Å². The lowest BCUT2D eigenvalue weighted by Gasteiger charge is -2.45. The number of carbonyl (C=O) groups is 2. The van der Waals surface area contributed by atoms with Crippen molar-refractivity contribution in [3.05, 3.63) is 0 Å². The van der Waals surface area contributed by atoms with Crippen LogP contribution in [0.3, 0.4) is 0 Å². The van der Waals surface area contributed by atoms with Gasteiger partial charge in [0.25, 0.3) is 0 Å². The average molecular weight is 471 g/mol. The number of fused-ring (bicyclic) bond motifs is 1. The molecule has 2 saturated heterocycles. The highest BCUT2D eigenvalue weighted by molar-refractivity contribution is 5.90. The maximum Gasteiger partial charge on any atom is 0.242 e. The molecule has 3 aliphatic carbocycles. The lowest BCUT2D eigenvalue weighted by molar-refractivity contribution is -0.142. The molecule has 0 bridgehead atoms. The molecule has 0 radical (unpaired) electrons. The third-order valence-corrected chi connectivity index (χ3v) is 9.82. The first-order chi connectivity index (χ1) is 16.6. The summed E-state index contributed by atoms with van der Waals surface area (Å²) < 4.78 is 5.60. The van der Waals surface area contributed by atoms with Crippen molar-refractivity contribution in [2.45, 2.75) is 94.2 Å². The number of hydrogen-bond donors (Lipinski definition) is 1. The summed E-state index contributed by atoms with van der Waals surface area (Å²) in [7, 11) is 0. The minimum atomic E-state index is -0.865. The van der Waals surface area contributed by atoms with Crippen LogP contribution in [0.2, 0.25) is 0 Å². The molecule has 7 heteroatoms. The summed E-state index contributed by atoms with van der Waals surface area (Å²) in [4.78, 5) is 30.9. The van der Waals surface area contributed by atoms with Crippen LogP contribution in [0, 0.1) is 29.1 Å². The van der Waals surface area contributed by atoms with Gasteiger partial charge in [-0.2, -0.15) is 5.26 Å². The Labute approximate surface area is 204 Å². The number of aldehydes is 1. The van der Waals surface area contributed by atoms with Crippen molar-refractivity contribution < 1.29 is 14.3 Å². The quantitative estimate of drug-likeness (QED) is 0.549. The monoisotopic (exact) mass is 470 g/mol. The van der Waals surface area contributed by atoms with Gasteiger partial charge in [0.2, 0.25) is 5.91 Å². The van der Waals surface area contributed by atoms with Crippen LogP contribution in [0.5, 0.6) is 0 Å². The Bertz CT molecular complexity index is 775. The van der Waals surface area contributed by atoms with Gasteiger partial charge in [-0.15, -0.1) is 0 Å². The smallest absolute Gasteiger partial charge is 0.242 e. The van der Waals surface area contributed by atoms with Gasteiger partial charge in [0.1, 0.15) is 17.4 Å². The molecule has 34 heavy (non-hydrogen) atoms. The van der Waals surface area contributed by atoms with Gasteiger partial charge in [-0.05, 0) is 56.3 Å². The number of carbonyl (C=O) groups excluding carboxylic acids is 2. The first-order valence-corrected chi connectivity index (χ1v) is 13.9. The topological polar surface area (TPSA) is 85.7 Å². The number of nitrogens with zero attached hydrogens (tertiary/aromatic N) is 3. The fraction of sp³-hybridized carbons (Fsp3) is 0.889. The zero-order valence-corrected chi connectivity index (χ0v) is 20.7. The zero-order chi connectivity index (χ0) is 23.6. The number of morpholine rings is 1. The van der Waals surface area contributed by atoms with Crippen LogP contribution < -0.4 is 5.32 Å². The molecule has 5 fully saturated rings. The standard InChI is InChI=1S/C27H42N4O3/c28-19-26(10-12-30(20-26)21-6-2-1-3-7-21)29-25(33)27(11-15-32,31-13-16-34-17-14-31)18-24-22-8-4-5-9-23(22)24/h15,21-24H,1-14,16-18,20H2,(H,29,33). The second-order valence-corrected chi connectivity index (χ2v) is 11.6. The van der Waals surface area contributed by atoms with E-state index in [1.807, 2.05) is 0 Å². The predicted molar refractivity (Wildman–Crippen MR) is 129 cm³/mol. The van der Waals surface area contributed by atoms with Crippen molar-refractivity contribution >= 4 is 12.2 Å². The Balaban J connectivity index is 1.35. The van der Waals surface area contributed by atoms with Crippen molar-refractivity contribution in [3.63, 3.8) is 0 Å². The largest absolute Gasteiger partial charge is 0.379 e. The molecule has 5 aliphatic rings. The minimum absolute atomic E-state index is 0.0998. The minimum Gasteiger partial charge on any atom is -0.379 e. The number of nitriles is 1. The number of ether oxygens (including phenoxy) is 1. The lowest BCUT2D eigenvalue weighted by Crippen LogP contribution is -2.65. The molecule has 1 amide bonds. The highest BCUT2D eigenvalue weighted by Gasteiger charge is 2.57. The second-order valence-electron chi connectivity index (χ2n) is 11.6. The molecular weight excluding hydrogens is 428 g/mol. The number of hydrogen-bond acceptors (Lipinski definition) is 6. The Morgan fingerprint density at radius 1 is 1.06 bits per heavy atom. The lowest BCUT2D eigenvalue weighted by atomic mass is 9.83. The van der Waals surface area contributed by atoms with E-state index in [9.17, 15) is 14.9 Å². The maximum atomic E-state index is 14.2. The number of rotatable bonds is 8. The van der Waals surface area contributed by atoms with Crippen LogP contribution in [0.1, 0.15) is 77.0 Å². The number of amides is 1. The van der Waals surface area contributed by atoms with E-state index in [0.29, 0.717) is 63.1 Å². The number of nitrogens with one attached hydrogen (secondary N) is 1. The van der Waals surface area contributed by atoms with E-state index in [0.717, 1.165) is 19.3 Å². The molecule has 4 unspecified atom stereocenters. The summed E-state index contributed by atoms with van der Waals surface area (Å²) >= 11 is 0. The third-order valence-electron chi connectivity index (χ3n) is 9.82. The average Bonchev–Trinajstić information content (AvgIpc) is 3.41. The van der Waals surface area contributed by atoms with Crippen LogP contribution in [-0.4, -0.2) is 78.5 Å². The molecule has 0 aromatic rings.